The van der Waals surface area contributed by atoms with Gasteiger partial charge in [0.05, 0.1) is 6.26 Å². The Morgan fingerprint density at radius 2 is 2.22 bits per heavy atom. The fourth-order valence-electron chi connectivity index (χ4n) is 2.29. The summed E-state index contributed by atoms with van der Waals surface area (Å²) in [6, 6.07) is 5.89. The van der Waals surface area contributed by atoms with E-state index in [1.807, 2.05) is 25.1 Å². The Hall–Kier alpha value is -1.14. The van der Waals surface area contributed by atoms with E-state index in [1.54, 1.807) is 0 Å². The molecule has 1 N–H and O–H groups in total. The Bertz CT molecular complexity index is 516. The maximum atomic E-state index is 11.3. The predicted octanol–water partition coefficient (Wildman–Crippen LogP) is 0.908. The van der Waals surface area contributed by atoms with Gasteiger partial charge in [0.25, 0.3) is 0 Å². The van der Waals surface area contributed by atoms with Crippen molar-refractivity contribution in [1.29, 1.82) is 0 Å². The van der Waals surface area contributed by atoms with E-state index in [-0.39, 0.29) is 6.04 Å². The van der Waals surface area contributed by atoms with Crippen LogP contribution in [0.15, 0.2) is 18.2 Å². The van der Waals surface area contributed by atoms with Gasteiger partial charge in [-0.25, -0.2) is 18.1 Å². The zero-order valence-corrected chi connectivity index (χ0v) is 11.6. The van der Waals surface area contributed by atoms with Crippen LogP contribution in [0.5, 0.6) is 0 Å². The third-order valence-corrected chi connectivity index (χ3v) is 3.76. The van der Waals surface area contributed by atoms with Gasteiger partial charge >= 0.3 is 0 Å². The monoisotopic (exact) mass is 269 g/mol. The number of nitrogens with zero attached hydrogens (tertiary/aromatic N) is 2. The molecule has 0 unspecified atom stereocenters. The first-order valence-corrected chi connectivity index (χ1v) is 7.99. The normalized spacial score (nSPS) is 21.0. The van der Waals surface area contributed by atoms with Crippen LogP contribution in [0.2, 0.25) is 0 Å². The molecule has 0 aromatic carbocycles. The molecule has 0 aliphatic carbocycles. The molecule has 18 heavy (non-hydrogen) atoms. The van der Waals surface area contributed by atoms with E-state index in [2.05, 4.69) is 14.6 Å². The topological polar surface area (TPSA) is 62.3 Å². The highest BCUT2D eigenvalue weighted by atomic mass is 32.2. The highest BCUT2D eigenvalue weighted by Gasteiger charge is 2.23. The van der Waals surface area contributed by atoms with Gasteiger partial charge in [-0.3, -0.25) is 0 Å². The average molecular weight is 269 g/mol. The molecule has 0 amide bonds. The Balaban J connectivity index is 2.07. The molecular formula is C12H19N3O2S. The highest BCUT2D eigenvalue weighted by Crippen LogP contribution is 2.18. The van der Waals surface area contributed by atoms with Crippen LogP contribution >= 0.6 is 0 Å². The van der Waals surface area contributed by atoms with Gasteiger partial charge in [-0.15, -0.1) is 0 Å². The number of pyridine rings is 1. The molecule has 6 heteroatoms. The summed E-state index contributed by atoms with van der Waals surface area (Å²) in [5, 5.41) is 0. The van der Waals surface area contributed by atoms with E-state index in [0.29, 0.717) is 6.54 Å². The van der Waals surface area contributed by atoms with Crippen LogP contribution in [0.4, 0.5) is 5.82 Å². The minimum Gasteiger partial charge on any atom is -0.355 e. The number of anilines is 1. The number of aromatic nitrogens is 1. The molecule has 2 rings (SSSR count). The quantitative estimate of drug-likeness (QED) is 0.886. The first kappa shape index (κ1) is 13.3. The van der Waals surface area contributed by atoms with Gasteiger partial charge in [0.1, 0.15) is 5.82 Å². The summed E-state index contributed by atoms with van der Waals surface area (Å²) in [6.07, 6.45) is 3.06. The summed E-state index contributed by atoms with van der Waals surface area (Å²) in [5.74, 6) is 0.926. The first-order valence-electron chi connectivity index (χ1n) is 6.10. The lowest BCUT2D eigenvalue weighted by atomic mass is 10.1. The summed E-state index contributed by atoms with van der Waals surface area (Å²) in [5.41, 5.74) is 0.977. The van der Waals surface area contributed by atoms with Crippen molar-refractivity contribution in [2.24, 2.45) is 0 Å². The van der Waals surface area contributed by atoms with Crippen molar-refractivity contribution in [2.45, 2.75) is 25.8 Å². The van der Waals surface area contributed by atoms with Crippen LogP contribution in [-0.2, 0) is 10.0 Å². The SMILES string of the molecule is Cc1cccc(N2CCC[C@@H](NS(C)(=O)=O)C2)n1. The van der Waals surface area contributed by atoms with Crippen molar-refractivity contribution in [3.63, 3.8) is 0 Å². The summed E-state index contributed by atoms with van der Waals surface area (Å²) in [7, 11) is -3.13. The zero-order valence-electron chi connectivity index (χ0n) is 10.8. The van der Waals surface area contributed by atoms with Crippen LogP contribution in [0, 0.1) is 6.92 Å². The van der Waals surface area contributed by atoms with Crippen molar-refractivity contribution < 1.29 is 8.42 Å². The molecule has 1 aliphatic heterocycles. The molecule has 0 radical (unpaired) electrons. The van der Waals surface area contributed by atoms with Crippen LogP contribution in [-0.4, -0.2) is 38.8 Å². The molecule has 1 aromatic heterocycles. The van der Waals surface area contributed by atoms with Gasteiger partial charge in [-0.2, -0.15) is 0 Å². The molecule has 100 valence electrons. The molecule has 0 bridgehead atoms. The second-order valence-electron chi connectivity index (χ2n) is 4.81. The molecule has 1 saturated heterocycles. The molecule has 1 aliphatic rings. The van der Waals surface area contributed by atoms with Crippen molar-refractivity contribution >= 4 is 15.8 Å². The van der Waals surface area contributed by atoms with E-state index in [0.717, 1.165) is 30.9 Å². The number of sulfonamides is 1. The van der Waals surface area contributed by atoms with E-state index in [4.69, 9.17) is 0 Å². The van der Waals surface area contributed by atoms with E-state index in [1.165, 1.54) is 6.26 Å². The second-order valence-corrected chi connectivity index (χ2v) is 6.59. The lowest BCUT2D eigenvalue weighted by Gasteiger charge is -2.33. The van der Waals surface area contributed by atoms with E-state index >= 15 is 0 Å². The largest absolute Gasteiger partial charge is 0.355 e. The number of hydrogen-bond acceptors (Lipinski definition) is 4. The summed E-state index contributed by atoms with van der Waals surface area (Å²) < 4.78 is 25.2. The smallest absolute Gasteiger partial charge is 0.209 e. The molecule has 5 nitrogen and oxygen atoms in total. The Morgan fingerprint density at radius 1 is 1.44 bits per heavy atom. The van der Waals surface area contributed by atoms with Gasteiger partial charge < -0.3 is 4.90 Å². The Labute approximate surface area is 108 Å². The van der Waals surface area contributed by atoms with Crippen molar-refractivity contribution in [3.05, 3.63) is 23.9 Å². The van der Waals surface area contributed by atoms with Crippen LogP contribution in [0.1, 0.15) is 18.5 Å². The maximum absolute atomic E-state index is 11.3. The third-order valence-electron chi connectivity index (χ3n) is 3.00. The second kappa shape index (κ2) is 5.24. The number of aryl methyl sites for hydroxylation is 1. The lowest BCUT2D eigenvalue weighted by Crippen LogP contribution is -2.47. The first-order chi connectivity index (χ1) is 8.44. The average Bonchev–Trinajstić information content (AvgIpc) is 2.27. The van der Waals surface area contributed by atoms with Crippen molar-refractivity contribution in [3.8, 4) is 0 Å². The number of nitrogens with one attached hydrogen (secondary N) is 1. The minimum atomic E-state index is -3.13. The maximum Gasteiger partial charge on any atom is 0.209 e. The van der Waals surface area contributed by atoms with Gasteiger partial charge in [-0.05, 0) is 31.9 Å². The lowest BCUT2D eigenvalue weighted by molar-refractivity contribution is 0.465. The molecule has 1 aromatic rings. The molecule has 0 spiro atoms. The minimum absolute atomic E-state index is 0.0175. The summed E-state index contributed by atoms with van der Waals surface area (Å²) in [4.78, 5) is 6.61. The van der Waals surface area contributed by atoms with Crippen LogP contribution in [0.3, 0.4) is 0 Å². The third kappa shape index (κ3) is 3.68. The fourth-order valence-corrected chi connectivity index (χ4v) is 3.09. The number of hydrogen-bond donors (Lipinski definition) is 1. The van der Waals surface area contributed by atoms with E-state index in [9.17, 15) is 8.42 Å². The van der Waals surface area contributed by atoms with Gasteiger partial charge in [0.2, 0.25) is 10.0 Å². The molecule has 2 heterocycles. The molecular weight excluding hydrogens is 250 g/mol. The Kier molecular flexibility index (Phi) is 3.87. The van der Waals surface area contributed by atoms with Crippen LogP contribution in [0.25, 0.3) is 0 Å². The fraction of sp³-hybridized carbons (Fsp3) is 0.583. The van der Waals surface area contributed by atoms with Gasteiger partial charge in [0, 0.05) is 24.8 Å². The number of rotatable bonds is 3. The standard InChI is InChI=1S/C12H19N3O2S/c1-10-5-3-7-12(13-10)15-8-4-6-11(9-15)14-18(2,16)17/h3,5,7,11,14H,4,6,8-9H2,1-2H3/t11-/m1/s1. The summed E-state index contributed by atoms with van der Waals surface area (Å²) >= 11 is 0. The molecule has 1 fully saturated rings. The van der Waals surface area contributed by atoms with Crippen LogP contribution < -0.4 is 9.62 Å². The summed E-state index contributed by atoms with van der Waals surface area (Å²) in [6.45, 7) is 3.57. The van der Waals surface area contributed by atoms with E-state index < -0.39 is 10.0 Å². The number of piperidine rings is 1. The predicted molar refractivity (Wildman–Crippen MR) is 72.2 cm³/mol. The highest BCUT2D eigenvalue weighted by molar-refractivity contribution is 7.88. The van der Waals surface area contributed by atoms with Gasteiger partial charge in [-0.1, -0.05) is 6.07 Å². The molecule has 0 saturated carbocycles. The van der Waals surface area contributed by atoms with Crippen molar-refractivity contribution in [2.75, 3.05) is 24.2 Å². The van der Waals surface area contributed by atoms with Crippen molar-refractivity contribution in [1.82, 2.24) is 9.71 Å². The Morgan fingerprint density at radius 3 is 2.89 bits per heavy atom. The van der Waals surface area contributed by atoms with Gasteiger partial charge in [0.15, 0.2) is 0 Å². The zero-order chi connectivity index (χ0) is 13.2. The molecule has 1 atom stereocenters.